The van der Waals surface area contributed by atoms with E-state index in [1.54, 1.807) is 0 Å². The minimum atomic E-state index is -0.0221. The first-order valence-electron chi connectivity index (χ1n) is 8.08. The average Bonchev–Trinajstić information content (AvgIpc) is 3.03. The van der Waals surface area contributed by atoms with Gasteiger partial charge in [-0.05, 0) is 26.0 Å². The Kier molecular flexibility index (Phi) is 5.08. The molecule has 128 valence electrons. The zero-order valence-electron chi connectivity index (χ0n) is 14.0. The third-order valence-corrected chi connectivity index (χ3v) is 5.11. The number of thioether (sulfide) groups is 1. The highest BCUT2D eigenvalue weighted by Crippen LogP contribution is 2.29. The number of aromatic nitrogens is 2. The molecule has 1 aliphatic heterocycles. The van der Waals surface area contributed by atoms with Crippen LogP contribution in [0.1, 0.15) is 19.7 Å². The van der Waals surface area contributed by atoms with Crippen LogP contribution in [-0.4, -0.2) is 51.3 Å². The van der Waals surface area contributed by atoms with Crippen molar-refractivity contribution in [2.45, 2.75) is 25.0 Å². The van der Waals surface area contributed by atoms with Crippen molar-refractivity contribution in [2.24, 2.45) is 0 Å². The van der Waals surface area contributed by atoms with E-state index >= 15 is 0 Å². The van der Waals surface area contributed by atoms with Gasteiger partial charge in [-0.15, -0.1) is 10.2 Å². The third-order valence-electron chi connectivity index (χ3n) is 3.82. The molecule has 0 saturated carbocycles. The van der Waals surface area contributed by atoms with Crippen LogP contribution in [0.2, 0.25) is 0 Å². The van der Waals surface area contributed by atoms with Crippen molar-refractivity contribution in [1.29, 1.82) is 0 Å². The molecular formula is C17H22N4O2S. The maximum Gasteiger partial charge on any atom is 0.317 e. The summed E-state index contributed by atoms with van der Waals surface area (Å²) in [7, 11) is 0. The van der Waals surface area contributed by atoms with Gasteiger partial charge in [-0.1, -0.05) is 18.2 Å². The fraction of sp³-hybridized carbons (Fsp3) is 0.471. The van der Waals surface area contributed by atoms with Gasteiger partial charge in [0.05, 0.1) is 0 Å². The minimum Gasteiger partial charge on any atom is -0.421 e. The largest absolute Gasteiger partial charge is 0.421 e. The fourth-order valence-corrected chi connectivity index (χ4v) is 3.74. The first kappa shape index (κ1) is 16.8. The molecular weight excluding hydrogens is 324 g/mol. The number of carbonyl (C=O) groups is 1. The summed E-state index contributed by atoms with van der Waals surface area (Å²) in [6.45, 7) is 6.38. The van der Waals surface area contributed by atoms with Crippen LogP contribution in [0.25, 0.3) is 11.5 Å². The molecule has 3 rings (SSSR count). The Bertz CT molecular complexity index is 687. The lowest BCUT2D eigenvalue weighted by Crippen LogP contribution is -2.50. The van der Waals surface area contributed by atoms with Crippen molar-refractivity contribution >= 4 is 17.8 Å². The molecule has 0 radical (unpaired) electrons. The summed E-state index contributed by atoms with van der Waals surface area (Å²) >= 11 is 1.91. The number of benzene rings is 1. The second-order valence-electron chi connectivity index (χ2n) is 6.38. The Morgan fingerprint density at radius 3 is 2.88 bits per heavy atom. The minimum absolute atomic E-state index is 0.0221. The monoisotopic (exact) mass is 346 g/mol. The zero-order valence-corrected chi connectivity index (χ0v) is 14.8. The molecule has 2 heterocycles. The lowest BCUT2D eigenvalue weighted by Gasteiger charge is -2.37. The van der Waals surface area contributed by atoms with Crippen molar-refractivity contribution in [3.63, 3.8) is 0 Å². The van der Waals surface area contributed by atoms with Gasteiger partial charge < -0.3 is 14.6 Å². The molecule has 2 aromatic rings. The van der Waals surface area contributed by atoms with E-state index in [0.29, 0.717) is 24.7 Å². The van der Waals surface area contributed by atoms with E-state index in [1.807, 2.05) is 47.0 Å². The number of carbonyl (C=O) groups excluding carboxylic acids is 1. The average molecular weight is 346 g/mol. The van der Waals surface area contributed by atoms with Crippen molar-refractivity contribution < 1.29 is 9.21 Å². The SMILES string of the molecule is CC1(C)CN(C(=O)NCCc2nnc(-c3ccccc3)o2)CCS1. The lowest BCUT2D eigenvalue weighted by molar-refractivity contribution is 0.195. The molecule has 1 aromatic carbocycles. The van der Waals surface area contributed by atoms with Crippen LogP contribution < -0.4 is 5.32 Å². The number of rotatable bonds is 4. The number of amides is 2. The van der Waals surface area contributed by atoms with E-state index in [1.165, 1.54) is 0 Å². The van der Waals surface area contributed by atoms with Crippen LogP contribution in [0, 0.1) is 0 Å². The second-order valence-corrected chi connectivity index (χ2v) is 8.18. The Balaban J connectivity index is 1.48. The third kappa shape index (κ3) is 4.29. The fourth-order valence-electron chi connectivity index (χ4n) is 2.63. The molecule has 0 atom stereocenters. The maximum absolute atomic E-state index is 12.2. The molecule has 2 amide bonds. The van der Waals surface area contributed by atoms with Crippen LogP contribution in [-0.2, 0) is 6.42 Å². The molecule has 6 nitrogen and oxygen atoms in total. The highest BCUT2D eigenvalue weighted by atomic mass is 32.2. The molecule has 1 fully saturated rings. The number of hydrogen-bond acceptors (Lipinski definition) is 5. The van der Waals surface area contributed by atoms with Crippen LogP contribution in [0.3, 0.4) is 0 Å². The molecule has 7 heteroatoms. The highest BCUT2D eigenvalue weighted by molar-refractivity contribution is 8.00. The van der Waals surface area contributed by atoms with Crippen LogP contribution in [0.15, 0.2) is 34.7 Å². The van der Waals surface area contributed by atoms with E-state index in [0.717, 1.165) is 24.4 Å². The zero-order chi connectivity index (χ0) is 17.0. The first-order valence-corrected chi connectivity index (χ1v) is 9.07. The van der Waals surface area contributed by atoms with Gasteiger partial charge >= 0.3 is 6.03 Å². The van der Waals surface area contributed by atoms with Gasteiger partial charge in [-0.25, -0.2) is 4.79 Å². The lowest BCUT2D eigenvalue weighted by atomic mass is 10.2. The van der Waals surface area contributed by atoms with E-state index in [4.69, 9.17) is 4.42 Å². The van der Waals surface area contributed by atoms with Gasteiger partial charge in [0.2, 0.25) is 11.8 Å². The number of hydrogen-bond donors (Lipinski definition) is 1. The summed E-state index contributed by atoms with van der Waals surface area (Å²) in [6.07, 6.45) is 0.525. The molecule has 0 spiro atoms. The van der Waals surface area contributed by atoms with Gasteiger partial charge in [-0.2, -0.15) is 11.8 Å². The van der Waals surface area contributed by atoms with Crippen molar-refractivity contribution in [1.82, 2.24) is 20.4 Å². The molecule has 1 saturated heterocycles. The standard InChI is InChI=1S/C17H22N4O2S/c1-17(2)12-21(10-11-24-17)16(22)18-9-8-14-19-20-15(23-14)13-6-4-3-5-7-13/h3-7H,8-12H2,1-2H3,(H,18,22). The van der Waals surface area contributed by atoms with Gasteiger partial charge in [-0.3, -0.25) is 0 Å². The Hall–Kier alpha value is -2.02. The molecule has 0 bridgehead atoms. The van der Waals surface area contributed by atoms with Gasteiger partial charge in [0.25, 0.3) is 0 Å². The quantitative estimate of drug-likeness (QED) is 0.922. The number of nitrogens with zero attached hydrogens (tertiary/aromatic N) is 3. The Labute approximate surface area is 146 Å². The van der Waals surface area contributed by atoms with Gasteiger partial charge in [0.15, 0.2) is 0 Å². The van der Waals surface area contributed by atoms with Gasteiger partial charge in [0.1, 0.15) is 0 Å². The van der Waals surface area contributed by atoms with Crippen molar-refractivity contribution in [2.75, 3.05) is 25.4 Å². The van der Waals surface area contributed by atoms with E-state index in [2.05, 4.69) is 29.4 Å². The molecule has 0 unspecified atom stereocenters. The second kappa shape index (κ2) is 7.25. The predicted octanol–water partition coefficient (Wildman–Crippen LogP) is 2.82. The normalized spacial score (nSPS) is 16.8. The van der Waals surface area contributed by atoms with Crippen LogP contribution in [0.4, 0.5) is 4.79 Å². The molecule has 0 aliphatic carbocycles. The summed E-state index contributed by atoms with van der Waals surface area (Å²) in [4.78, 5) is 14.1. The summed E-state index contributed by atoms with van der Waals surface area (Å²) in [5.41, 5.74) is 0.897. The van der Waals surface area contributed by atoms with Gasteiger partial charge in [0, 0.05) is 42.1 Å². The summed E-state index contributed by atoms with van der Waals surface area (Å²) in [6, 6.07) is 9.63. The summed E-state index contributed by atoms with van der Waals surface area (Å²) in [5.74, 6) is 2.01. The van der Waals surface area contributed by atoms with Crippen LogP contribution in [0.5, 0.6) is 0 Å². The topological polar surface area (TPSA) is 71.3 Å². The van der Waals surface area contributed by atoms with Crippen molar-refractivity contribution in [3.05, 3.63) is 36.2 Å². The molecule has 24 heavy (non-hydrogen) atoms. The van der Waals surface area contributed by atoms with E-state index in [-0.39, 0.29) is 10.8 Å². The predicted molar refractivity (Wildman–Crippen MR) is 94.9 cm³/mol. The number of urea groups is 1. The molecule has 1 N–H and O–H groups in total. The first-order chi connectivity index (χ1) is 11.5. The summed E-state index contributed by atoms with van der Waals surface area (Å²) in [5, 5.41) is 11.0. The Morgan fingerprint density at radius 1 is 1.33 bits per heavy atom. The maximum atomic E-state index is 12.2. The smallest absolute Gasteiger partial charge is 0.317 e. The van der Waals surface area contributed by atoms with Crippen LogP contribution >= 0.6 is 11.8 Å². The summed E-state index contributed by atoms with van der Waals surface area (Å²) < 4.78 is 5.76. The van der Waals surface area contributed by atoms with Crippen molar-refractivity contribution in [3.8, 4) is 11.5 Å². The molecule has 1 aromatic heterocycles. The Morgan fingerprint density at radius 2 is 2.12 bits per heavy atom. The van der Waals surface area contributed by atoms with E-state index in [9.17, 15) is 4.79 Å². The highest BCUT2D eigenvalue weighted by Gasteiger charge is 2.29. The van der Waals surface area contributed by atoms with E-state index < -0.39 is 0 Å². The molecule has 1 aliphatic rings. The number of nitrogens with one attached hydrogen (secondary N) is 1.